The summed E-state index contributed by atoms with van der Waals surface area (Å²) in [6.07, 6.45) is 2.99. The number of methoxy groups -OCH3 is 1. The van der Waals surface area contributed by atoms with Crippen LogP contribution in [0.25, 0.3) is 0 Å². The minimum atomic E-state index is 0.423. The van der Waals surface area contributed by atoms with E-state index in [0.717, 1.165) is 67.9 Å². The lowest BCUT2D eigenvalue weighted by atomic mass is 10.1. The summed E-state index contributed by atoms with van der Waals surface area (Å²) < 4.78 is 11.0. The first-order valence-electron chi connectivity index (χ1n) is 11.2. The molecule has 3 rings (SSSR count). The van der Waals surface area contributed by atoms with Crippen LogP contribution in [0.5, 0.6) is 11.5 Å². The number of nitrogens with zero attached hydrogens (tertiary/aromatic N) is 3. The number of hydrogen-bond acceptors (Lipinski definition) is 5. The highest BCUT2D eigenvalue weighted by atomic mass is 16.5. The topological polar surface area (TPSA) is 71.0 Å². The van der Waals surface area contributed by atoms with E-state index in [1.807, 2.05) is 37.3 Å². The highest BCUT2D eigenvalue weighted by molar-refractivity contribution is 5.80. The van der Waals surface area contributed by atoms with Crippen LogP contribution in [0.3, 0.4) is 0 Å². The molecule has 2 heterocycles. The Morgan fingerprint density at radius 1 is 1.16 bits per heavy atom. The van der Waals surface area contributed by atoms with Gasteiger partial charge in [-0.2, -0.15) is 0 Å². The van der Waals surface area contributed by atoms with E-state index in [0.29, 0.717) is 19.2 Å². The van der Waals surface area contributed by atoms with Gasteiger partial charge in [0.05, 0.1) is 13.7 Å². The zero-order valence-electron chi connectivity index (χ0n) is 18.9. The van der Waals surface area contributed by atoms with Gasteiger partial charge in [0.15, 0.2) is 5.96 Å². The Bertz CT molecular complexity index is 834. The van der Waals surface area contributed by atoms with Gasteiger partial charge in [-0.15, -0.1) is 0 Å². The van der Waals surface area contributed by atoms with Crippen molar-refractivity contribution in [3.8, 4) is 11.5 Å². The van der Waals surface area contributed by atoms with Gasteiger partial charge in [0.25, 0.3) is 0 Å². The summed E-state index contributed by atoms with van der Waals surface area (Å²) in [5, 5.41) is 6.96. The molecule has 0 radical (unpaired) electrons. The molecule has 0 atom stereocenters. The van der Waals surface area contributed by atoms with E-state index < -0.39 is 0 Å². The van der Waals surface area contributed by atoms with E-state index >= 15 is 0 Å². The van der Waals surface area contributed by atoms with Crippen molar-refractivity contribution in [2.24, 2.45) is 4.99 Å². The summed E-state index contributed by atoms with van der Waals surface area (Å²) >= 11 is 0. The van der Waals surface area contributed by atoms with Crippen molar-refractivity contribution >= 4 is 11.8 Å². The fraction of sp³-hybridized carbons (Fsp3) is 0.500. The maximum Gasteiger partial charge on any atom is 0.191 e. The molecular formula is C24H35N5O2. The minimum absolute atomic E-state index is 0.423. The van der Waals surface area contributed by atoms with Crippen LogP contribution >= 0.6 is 0 Å². The molecule has 1 saturated heterocycles. The van der Waals surface area contributed by atoms with Crippen molar-refractivity contribution in [1.29, 1.82) is 0 Å². The third kappa shape index (κ3) is 7.35. The van der Waals surface area contributed by atoms with E-state index in [1.165, 1.54) is 0 Å². The summed E-state index contributed by atoms with van der Waals surface area (Å²) in [6.45, 7) is 8.32. The molecule has 7 nitrogen and oxygen atoms in total. The first kappa shape index (κ1) is 22.7. The monoisotopic (exact) mass is 425 g/mol. The van der Waals surface area contributed by atoms with Crippen LogP contribution in [0.4, 0.5) is 5.82 Å². The lowest BCUT2D eigenvalue weighted by Crippen LogP contribution is -2.49. The number of piperidine rings is 1. The number of aryl methyl sites for hydroxylation is 1. The number of aromatic nitrogens is 1. The summed E-state index contributed by atoms with van der Waals surface area (Å²) in [7, 11) is 1.66. The highest BCUT2D eigenvalue weighted by Gasteiger charge is 2.20. The van der Waals surface area contributed by atoms with Gasteiger partial charge in [0.2, 0.25) is 0 Å². The number of benzene rings is 1. The fourth-order valence-electron chi connectivity index (χ4n) is 3.61. The Morgan fingerprint density at radius 2 is 1.94 bits per heavy atom. The Labute approximate surface area is 185 Å². The zero-order chi connectivity index (χ0) is 21.9. The van der Waals surface area contributed by atoms with Gasteiger partial charge in [-0.25, -0.2) is 4.98 Å². The first-order chi connectivity index (χ1) is 15.2. The summed E-state index contributed by atoms with van der Waals surface area (Å²) in [6, 6.07) is 14.3. The third-order valence-corrected chi connectivity index (χ3v) is 5.26. The van der Waals surface area contributed by atoms with E-state index in [-0.39, 0.29) is 0 Å². The molecule has 2 aromatic rings. The Hall–Kier alpha value is -2.96. The quantitative estimate of drug-likeness (QED) is 0.365. The number of nitrogens with one attached hydrogen (secondary N) is 2. The lowest BCUT2D eigenvalue weighted by molar-refractivity contribution is 0.311. The number of rotatable bonds is 9. The van der Waals surface area contributed by atoms with E-state index in [4.69, 9.17) is 14.5 Å². The number of ether oxygens (including phenoxy) is 2. The largest absolute Gasteiger partial charge is 0.497 e. The van der Waals surface area contributed by atoms with Gasteiger partial charge in [0.1, 0.15) is 17.3 Å². The Balaban J connectivity index is 1.41. The molecule has 168 valence electrons. The standard InChI is InChI=1S/C24H35N5O2/c1-4-25-24(26-14-7-17-31-22-10-6-9-21(18-22)30-3)28-20-12-15-29(16-13-20)23-11-5-8-19(2)27-23/h5-6,8-11,18,20H,4,7,12-17H2,1-3H3,(H2,25,26,28). The van der Waals surface area contributed by atoms with E-state index in [9.17, 15) is 0 Å². The fourth-order valence-corrected chi connectivity index (χ4v) is 3.61. The number of anilines is 1. The van der Waals surface area contributed by atoms with Gasteiger partial charge >= 0.3 is 0 Å². The van der Waals surface area contributed by atoms with Gasteiger partial charge < -0.3 is 25.0 Å². The van der Waals surface area contributed by atoms with Crippen molar-refractivity contribution < 1.29 is 9.47 Å². The first-order valence-corrected chi connectivity index (χ1v) is 11.2. The maximum atomic E-state index is 5.80. The molecule has 1 aromatic heterocycles. The summed E-state index contributed by atoms with van der Waals surface area (Å²) in [4.78, 5) is 11.7. The lowest BCUT2D eigenvalue weighted by Gasteiger charge is -2.34. The van der Waals surface area contributed by atoms with Gasteiger partial charge in [-0.05, 0) is 51.0 Å². The molecule has 0 saturated carbocycles. The Kier molecular flexibility index (Phi) is 8.82. The number of guanidine groups is 1. The smallest absolute Gasteiger partial charge is 0.191 e. The molecular weight excluding hydrogens is 390 g/mol. The second-order valence-electron chi connectivity index (χ2n) is 7.68. The van der Waals surface area contributed by atoms with Crippen LogP contribution in [-0.2, 0) is 0 Å². The average Bonchev–Trinajstić information content (AvgIpc) is 2.79. The molecule has 1 aliphatic rings. The second-order valence-corrected chi connectivity index (χ2v) is 7.68. The van der Waals surface area contributed by atoms with E-state index in [1.54, 1.807) is 7.11 Å². The third-order valence-electron chi connectivity index (χ3n) is 5.26. The molecule has 1 fully saturated rings. The van der Waals surface area contributed by atoms with Crippen LogP contribution in [0.2, 0.25) is 0 Å². The molecule has 0 unspecified atom stereocenters. The molecule has 0 aliphatic carbocycles. The molecule has 0 spiro atoms. The molecule has 0 amide bonds. The number of hydrogen-bond donors (Lipinski definition) is 2. The van der Waals surface area contributed by atoms with Gasteiger partial charge in [-0.3, -0.25) is 4.99 Å². The minimum Gasteiger partial charge on any atom is -0.497 e. The van der Waals surface area contributed by atoms with Crippen molar-refractivity contribution in [3.63, 3.8) is 0 Å². The van der Waals surface area contributed by atoms with Crippen LogP contribution < -0.4 is 25.0 Å². The van der Waals surface area contributed by atoms with Crippen LogP contribution in [-0.4, -0.2) is 56.9 Å². The van der Waals surface area contributed by atoms with Crippen molar-refractivity contribution in [1.82, 2.24) is 15.6 Å². The molecule has 1 aliphatic heterocycles. The van der Waals surface area contributed by atoms with Crippen LogP contribution in [0.1, 0.15) is 31.9 Å². The normalized spacial score (nSPS) is 14.9. The highest BCUT2D eigenvalue weighted by Crippen LogP contribution is 2.19. The van der Waals surface area contributed by atoms with Crippen LogP contribution in [0.15, 0.2) is 47.5 Å². The predicted molar refractivity (Wildman–Crippen MR) is 126 cm³/mol. The van der Waals surface area contributed by atoms with Gasteiger partial charge in [0, 0.05) is 50.4 Å². The van der Waals surface area contributed by atoms with Gasteiger partial charge in [-0.1, -0.05) is 12.1 Å². The molecule has 2 N–H and O–H groups in total. The predicted octanol–water partition coefficient (Wildman–Crippen LogP) is 3.39. The van der Waals surface area contributed by atoms with Crippen molar-refractivity contribution in [2.45, 2.75) is 39.2 Å². The molecule has 0 bridgehead atoms. The van der Waals surface area contributed by atoms with Crippen LogP contribution in [0, 0.1) is 6.92 Å². The summed E-state index contributed by atoms with van der Waals surface area (Å²) in [5.41, 5.74) is 1.06. The number of pyridine rings is 1. The molecule has 7 heteroatoms. The van der Waals surface area contributed by atoms with Crippen molar-refractivity contribution in [2.75, 3.05) is 44.8 Å². The Morgan fingerprint density at radius 3 is 2.68 bits per heavy atom. The maximum absolute atomic E-state index is 5.80. The van der Waals surface area contributed by atoms with Crippen molar-refractivity contribution in [3.05, 3.63) is 48.2 Å². The SMILES string of the molecule is CCNC(=NCCCOc1cccc(OC)c1)NC1CCN(c2cccc(C)n2)CC1. The summed E-state index contributed by atoms with van der Waals surface area (Å²) in [5.74, 6) is 3.59. The van der Waals surface area contributed by atoms with E-state index in [2.05, 4.69) is 39.6 Å². The molecule has 31 heavy (non-hydrogen) atoms. The second kappa shape index (κ2) is 12.0. The average molecular weight is 426 g/mol. The molecule has 1 aromatic carbocycles. The zero-order valence-corrected chi connectivity index (χ0v) is 18.9. The number of aliphatic imine (C=N–C) groups is 1.